The Morgan fingerprint density at radius 2 is 2.00 bits per heavy atom. The van der Waals surface area contributed by atoms with E-state index in [0.717, 1.165) is 17.4 Å². The molecule has 1 aliphatic rings. The number of β-amino-alcohol motifs (C(OH)–C–C–N with tert-alkyl or cyclic N) is 1. The third-order valence-electron chi connectivity index (χ3n) is 3.58. The van der Waals surface area contributed by atoms with Crippen LogP contribution < -0.4 is 5.73 Å². The molecule has 1 aliphatic heterocycles. The second-order valence-corrected chi connectivity index (χ2v) is 6.49. The Balaban J connectivity index is 2.21. The fraction of sp³-hybridized carbons (Fsp3) is 0.571. The van der Waals surface area contributed by atoms with Gasteiger partial charge in [0, 0.05) is 29.6 Å². The van der Waals surface area contributed by atoms with E-state index in [9.17, 15) is 5.11 Å². The Morgan fingerprint density at radius 1 is 1.39 bits per heavy atom. The number of aliphatic hydroxyl groups is 1. The Bertz CT molecular complexity index is 403. The Labute approximate surface area is 117 Å². The van der Waals surface area contributed by atoms with Gasteiger partial charge in [0.15, 0.2) is 0 Å². The van der Waals surface area contributed by atoms with Crippen LogP contribution in [0, 0.1) is 0 Å². The Morgan fingerprint density at radius 3 is 2.44 bits per heavy atom. The Hall–Kier alpha value is -0.420. The predicted molar refractivity (Wildman–Crippen MR) is 77.3 cm³/mol. The lowest BCUT2D eigenvalue weighted by Crippen LogP contribution is -2.40. The maximum atomic E-state index is 10.1. The van der Waals surface area contributed by atoms with Crippen molar-refractivity contribution in [2.75, 3.05) is 13.1 Å². The SMILES string of the molecule is CC(N)C(c1ccc(Br)cc1)N1CCC(C)(O)C1. The van der Waals surface area contributed by atoms with Crippen LogP contribution in [-0.4, -0.2) is 34.7 Å². The van der Waals surface area contributed by atoms with E-state index in [4.69, 9.17) is 5.73 Å². The number of hydrogen-bond acceptors (Lipinski definition) is 3. The third-order valence-corrected chi connectivity index (χ3v) is 4.11. The molecule has 0 amide bonds. The molecule has 0 radical (unpaired) electrons. The average Bonchev–Trinajstić information content (AvgIpc) is 2.61. The largest absolute Gasteiger partial charge is 0.389 e. The number of nitrogens with two attached hydrogens (primary N) is 1. The van der Waals surface area contributed by atoms with Crippen molar-refractivity contribution in [2.24, 2.45) is 5.73 Å². The van der Waals surface area contributed by atoms with Gasteiger partial charge < -0.3 is 10.8 Å². The lowest BCUT2D eigenvalue weighted by Gasteiger charge is -2.32. The normalized spacial score (nSPS) is 28.3. The van der Waals surface area contributed by atoms with Crippen LogP contribution in [0.5, 0.6) is 0 Å². The molecule has 0 aromatic heterocycles. The molecule has 3 N–H and O–H groups in total. The van der Waals surface area contributed by atoms with Gasteiger partial charge in [-0.05, 0) is 38.0 Å². The van der Waals surface area contributed by atoms with Crippen LogP contribution in [0.1, 0.15) is 31.9 Å². The zero-order chi connectivity index (χ0) is 13.3. The summed E-state index contributed by atoms with van der Waals surface area (Å²) in [4.78, 5) is 2.29. The van der Waals surface area contributed by atoms with E-state index in [2.05, 4.69) is 33.0 Å². The van der Waals surface area contributed by atoms with Crippen LogP contribution in [0.25, 0.3) is 0 Å². The molecule has 0 bridgehead atoms. The van der Waals surface area contributed by atoms with Crippen molar-refractivity contribution < 1.29 is 5.11 Å². The van der Waals surface area contributed by atoms with Crippen LogP contribution >= 0.6 is 15.9 Å². The van der Waals surface area contributed by atoms with Crippen molar-refractivity contribution in [2.45, 2.75) is 38.0 Å². The summed E-state index contributed by atoms with van der Waals surface area (Å²) in [6.07, 6.45) is 0.812. The molecule has 2 rings (SSSR count). The topological polar surface area (TPSA) is 49.5 Å². The molecule has 0 aliphatic carbocycles. The average molecular weight is 313 g/mol. The van der Waals surface area contributed by atoms with Gasteiger partial charge in [-0.3, -0.25) is 4.90 Å². The van der Waals surface area contributed by atoms with E-state index in [0.29, 0.717) is 6.54 Å². The van der Waals surface area contributed by atoms with E-state index < -0.39 is 5.60 Å². The van der Waals surface area contributed by atoms with Crippen LogP contribution in [0.3, 0.4) is 0 Å². The highest BCUT2D eigenvalue weighted by atomic mass is 79.9. The first-order valence-corrected chi connectivity index (χ1v) is 7.16. The van der Waals surface area contributed by atoms with Gasteiger partial charge >= 0.3 is 0 Å². The summed E-state index contributed by atoms with van der Waals surface area (Å²) >= 11 is 3.45. The molecular formula is C14H21BrN2O. The third kappa shape index (κ3) is 3.12. The fourth-order valence-corrected chi connectivity index (χ4v) is 2.99. The first kappa shape index (κ1) is 14.0. The molecule has 0 saturated carbocycles. The maximum Gasteiger partial charge on any atom is 0.0758 e. The number of hydrogen-bond donors (Lipinski definition) is 2. The molecule has 18 heavy (non-hydrogen) atoms. The second-order valence-electron chi connectivity index (χ2n) is 5.57. The lowest BCUT2D eigenvalue weighted by molar-refractivity contribution is 0.0601. The van der Waals surface area contributed by atoms with Gasteiger partial charge in [-0.1, -0.05) is 28.1 Å². The van der Waals surface area contributed by atoms with E-state index in [1.54, 1.807) is 0 Å². The van der Waals surface area contributed by atoms with Crippen molar-refractivity contribution in [3.63, 3.8) is 0 Å². The first-order chi connectivity index (χ1) is 8.39. The molecule has 1 heterocycles. The molecule has 1 saturated heterocycles. The van der Waals surface area contributed by atoms with Gasteiger partial charge in [-0.25, -0.2) is 0 Å². The first-order valence-electron chi connectivity index (χ1n) is 6.36. The molecule has 3 unspecified atom stereocenters. The van der Waals surface area contributed by atoms with Crippen molar-refractivity contribution in [1.29, 1.82) is 0 Å². The minimum atomic E-state index is -0.581. The molecule has 0 spiro atoms. The smallest absolute Gasteiger partial charge is 0.0758 e. The zero-order valence-electron chi connectivity index (χ0n) is 10.9. The monoisotopic (exact) mass is 312 g/mol. The van der Waals surface area contributed by atoms with E-state index in [-0.39, 0.29) is 12.1 Å². The minimum absolute atomic E-state index is 0.0417. The van der Waals surface area contributed by atoms with Gasteiger partial charge in [0.2, 0.25) is 0 Å². The standard InChI is InChI=1S/C14H21BrN2O/c1-10(16)13(11-3-5-12(15)6-4-11)17-8-7-14(2,18)9-17/h3-6,10,13,18H,7-9,16H2,1-2H3. The maximum absolute atomic E-state index is 10.1. The highest BCUT2D eigenvalue weighted by molar-refractivity contribution is 9.10. The van der Waals surface area contributed by atoms with Gasteiger partial charge in [0.05, 0.1) is 5.60 Å². The summed E-state index contributed by atoms with van der Waals surface area (Å²) in [6, 6.07) is 8.50. The van der Waals surface area contributed by atoms with Crippen LogP contribution in [0.2, 0.25) is 0 Å². The van der Waals surface area contributed by atoms with E-state index in [1.807, 2.05) is 26.0 Å². The molecule has 1 aromatic carbocycles. The Kier molecular flexibility index (Phi) is 4.11. The molecular weight excluding hydrogens is 292 g/mol. The molecule has 3 atom stereocenters. The van der Waals surface area contributed by atoms with Gasteiger partial charge in [-0.15, -0.1) is 0 Å². The van der Waals surface area contributed by atoms with Crippen LogP contribution in [0.4, 0.5) is 0 Å². The number of rotatable bonds is 3. The summed E-state index contributed by atoms with van der Waals surface area (Å²) in [5, 5.41) is 10.1. The number of halogens is 1. The van der Waals surface area contributed by atoms with Crippen molar-refractivity contribution in [3.8, 4) is 0 Å². The van der Waals surface area contributed by atoms with E-state index >= 15 is 0 Å². The lowest BCUT2D eigenvalue weighted by atomic mass is 9.99. The second kappa shape index (κ2) is 5.29. The number of likely N-dealkylation sites (tertiary alicyclic amines) is 1. The zero-order valence-corrected chi connectivity index (χ0v) is 12.5. The van der Waals surface area contributed by atoms with Crippen molar-refractivity contribution in [3.05, 3.63) is 34.3 Å². The summed E-state index contributed by atoms with van der Waals surface area (Å²) in [5.41, 5.74) is 6.77. The van der Waals surface area contributed by atoms with Crippen molar-refractivity contribution in [1.82, 2.24) is 4.90 Å². The summed E-state index contributed by atoms with van der Waals surface area (Å²) in [7, 11) is 0. The highest BCUT2D eigenvalue weighted by Gasteiger charge is 2.36. The quantitative estimate of drug-likeness (QED) is 0.900. The summed E-state index contributed by atoms with van der Waals surface area (Å²) < 4.78 is 1.07. The van der Waals surface area contributed by atoms with E-state index in [1.165, 1.54) is 5.56 Å². The van der Waals surface area contributed by atoms with Gasteiger partial charge in [-0.2, -0.15) is 0 Å². The van der Waals surface area contributed by atoms with Gasteiger partial charge in [0.1, 0.15) is 0 Å². The molecule has 4 heteroatoms. The molecule has 1 fully saturated rings. The van der Waals surface area contributed by atoms with Crippen molar-refractivity contribution >= 4 is 15.9 Å². The fourth-order valence-electron chi connectivity index (χ4n) is 2.72. The van der Waals surface area contributed by atoms with Crippen LogP contribution in [-0.2, 0) is 0 Å². The van der Waals surface area contributed by atoms with Gasteiger partial charge in [0.25, 0.3) is 0 Å². The minimum Gasteiger partial charge on any atom is -0.389 e. The molecule has 100 valence electrons. The number of benzene rings is 1. The predicted octanol–water partition coefficient (Wildman–Crippen LogP) is 2.29. The summed E-state index contributed by atoms with van der Waals surface area (Å²) in [5.74, 6) is 0. The highest BCUT2D eigenvalue weighted by Crippen LogP contribution is 2.31. The number of nitrogens with zero attached hydrogens (tertiary/aromatic N) is 1. The van der Waals surface area contributed by atoms with Crippen LogP contribution in [0.15, 0.2) is 28.7 Å². The summed E-state index contributed by atoms with van der Waals surface area (Å²) in [6.45, 7) is 5.51. The molecule has 3 nitrogen and oxygen atoms in total. The molecule has 1 aromatic rings.